The number of hydrogen-bond donors (Lipinski definition) is 0. The van der Waals surface area contributed by atoms with E-state index in [-0.39, 0.29) is 0 Å². The Morgan fingerprint density at radius 1 is 1.25 bits per heavy atom. The van der Waals surface area contributed by atoms with Crippen molar-refractivity contribution in [3.8, 4) is 0 Å². The zero-order valence-corrected chi connectivity index (χ0v) is 9.00. The van der Waals surface area contributed by atoms with Gasteiger partial charge in [0, 0.05) is 26.7 Å². The van der Waals surface area contributed by atoms with Crippen molar-refractivity contribution in [2.75, 3.05) is 0 Å². The molecule has 0 fully saturated rings. The van der Waals surface area contributed by atoms with Crippen LogP contribution in [0.5, 0.6) is 0 Å². The Kier molecular flexibility index (Phi) is 2.19. The quantitative estimate of drug-likeness (QED) is 0.677. The Labute approximate surface area is 88.9 Å². The van der Waals surface area contributed by atoms with Crippen LogP contribution in [-0.2, 0) is 0 Å². The van der Waals surface area contributed by atoms with Gasteiger partial charge in [-0.25, -0.2) is 0 Å². The van der Waals surface area contributed by atoms with Gasteiger partial charge in [-0.3, -0.25) is 4.98 Å². The molecule has 1 nitrogen and oxygen atoms in total. The van der Waals surface area contributed by atoms with Crippen LogP contribution in [0.2, 0.25) is 5.02 Å². The van der Waals surface area contributed by atoms with Gasteiger partial charge >= 0.3 is 0 Å². The molecule has 1 aromatic carbocycles. The first-order valence-corrected chi connectivity index (χ1v) is 4.92. The molecule has 0 spiro atoms. The van der Waals surface area contributed by atoms with Gasteiger partial charge in [0.15, 0.2) is 0 Å². The number of benzene rings is 1. The van der Waals surface area contributed by atoms with Gasteiger partial charge < -0.3 is 0 Å². The van der Waals surface area contributed by atoms with Crippen LogP contribution in [-0.4, -0.2) is 4.98 Å². The Morgan fingerprint density at radius 3 is 2.92 bits per heavy atom. The number of halogens is 2. The highest BCUT2D eigenvalue weighted by atomic mass is 127. The third-order valence-corrected chi connectivity index (χ3v) is 2.65. The second kappa shape index (κ2) is 3.18. The Bertz CT molecular complexity index is 428. The maximum atomic E-state index is 5.96. The molecule has 60 valence electrons. The summed E-state index contributed by atoms with van der Waals surface area (Å²) >= 11 is 8.23. The number of nitrogens with zero attached hydrogens (tertiary/aromatic N) is 1. The summed E-state index contributed by atoms with van der Waals surface area (Å²) in [5.41, 5.74) is 0. The lowest BCUT2D eigenvalue weighted by Crippen LogP contribution is -1.78. The summed E-state index contributed by atoms with van der Waals surface area (Å²) in [7, 11) is 0. The van der Waals surface area contributed by atoms with Crippen LogP contribution in [0, 0.1) is 3.57 Å². The molecule has 0 radical (unpaired) electrons. The first-order chi connectivity index (χ1) is 5.77. The predicted molar refractivity (Wildman–Crippen MR) is 59.5 cm³/mol. The van der Waals surface area contributed by atoms with Gasteiger partial charge in [-0.2, -0.15) is 0 Å². The summed E-state index contributed by atoms with van der Waals surface area (Å²) in [5.74, 6) is 0. The third kappa shape index (κ3) is 1.41. The van der Waals surface area contributed by atoms with E-state index in [1.54, 1.807) is 6.20 Å². The van der Waals surface area contributed by atoms with Crippen LogP contribution in [0.3, 0.4) is 0 Å². The fourth-order valence-corrected chi connectivity index (χ4v) is 1.81. The summed E-state index contributed by atoms with van der Waals surface area (Å²) in [5, 5.41) is 2.87. The molecule has 0 bridgehead atoms. The van der Waals surface area contributed by atoms with Gasteiger partial charge in [0.25, 0.3) is 0 Å². The highest BCUT2D eigenvalue weighted by Gasteiger charge is 1.98. The van der Waals surface area contributed by atoms with Crippen LogP contribution in [0.25, 0.3) is 10.8 Å². The summed E-state index contributed by atoms with van der Waals surface area (Å²) in [6.45, 7) is 0. The van der Waals surface area contributed by atoms with Crippen LogP contribution in [0.4, 0.5) is 0 Å². The third-order valence-electron chi connectivity index (χ3n) is 1.67. The SMILES string of the molecule is Clc1cncc2ccc(I)cc12. The topological polar surface area (TPSA) is 12.9 Å². The summed E-state index contributed by atoms with van der Waals surface area (Å²) < 4.78 is 1.19. The Hall–Kier alpha value is -0.350. The lowest BCUT2D eigenvalue weighted by molar-refractivity contribution is 1.36. The molecule has 0 saturated heterocycles. The van der Waals surface area contributed by atoms with E-state index in [1.165, 1.54) is 3.57 Å². The fraction of sp³-hybridized carbons (Fsp3) is 0. The van der Waals surface area contributed by atoms with Crippen LogP contribution >= 0.6 is 34.2 Å². The van der Waals surface area contributed by atoms with Crippen molar-refractivity contribution in [1.29, 1.82) is 0 Å². The fourth-order valence-electron chi connectivity index (χ4n) is 1.10. The molecule has 0 aliphatic carbocycles. The van der Waals surface area contributed by atoms with Gasteiger partial charge in [-0.1, -0.05) is 17.7 Å². The molecular formula is C9H5ClIN. The molecule has 0 amide bonds. The van der Waals surface area contributed by atoms with Crippen molar-refractivity contribution < 1.29 is 0 Å². The van der Waals surface area contributed by atoms with Crippen molar-refractivity contribution in [3.05, 3.63) is 39.2 Å². The van der Waals surface area contributed by atoms with Crippen molar-refractivity contribution in [1.82, 2.24) is 4.98 Å². The molecule has 0 aliphatic rings. The van der Waals surface area contributed by atoms with Crippen molar-refractivity contribution in [2.24, 2.45) is 0 Å². The molecule has 3 heteroatoms. The molecule has 0 aliphatic heterocycles. The van der Waals surface area contributed by atoms with Gasteiger partial charge in [0.2, 0.25) is 0 Å². The van der Waals surface area contributed by atoms with Gasteiger partial charge in [0.05, 0.1) is 5.02 Å². The average Bonchev–Trinajstić information content (AvgIpc) is 2.07. The molecule has 0 atom stereocenters. The van der Waals surface area contributed by atoms with E-state index < -0.39 is 0 Å². The van der Waals surface area contributed by atoms with Gasteiger partial charge in [-0.05, 0) is 34.7 Å². The first kappa shape index (κ1) is 8.26. The molecule has 2 rings (SSSR count). The van der Waals surface area contributed by atoms with E-state index in [1.807, 2.05) is 18.3 Å². The number of fused-ring (bicyclic) bond motifs is 1. The molecule has 1 heterocycles. The smallest absolute Gasteiger partial charge is 0.0668 e. The second-order valence-electron chi connectivity index (χ2n) is 2.49. The minimum absolute atomic E-state index is 0.714. The number of rotatable bonds is 0. The van der Waals surface area contributed by atoms with Gasteiger partial charge in [-0.15, -0.1) is 0 Å². The predicted octanol–water partition coefficient (Wildman–Crippen LogP) is 3.49. The summed E-state index contributed by atoms with van der Waals surface area (Å²) in [4.78, 5) is 4.01. The minimum atomic E-state index is 0.714. The second-order valence-corrected chi connectivity index (χ2v) is 4.14. The maximum absolute atomic E-state index is 5.96. The van der Waals surface area contributed by atoms with E-state index in [2.05, 4.69) is 33.6 Å². The standard InChI is InChI=1S/C9H5ClIN/c10-9-5-12-4-6-1-2-7(11)3-8(6)9/h1-5H. The van der Waals surface area contributed by atoms with E-state index in [4.69, 9.17) is 11.6 Å². The number of hydrogen-bond acceptors (Lipinski definition) is 1. The maximum Gasteiger partial charge on any atom is 0.0668 e. The highest BCUT2D eigenvalue weighted by Crippen LogP contribution is 2.23. The largest absolute Gasteiger partial charge is 0.263 e. The van der Waals surface area contributed by atoms with E-state index >= 15 is 0 Å². The monoisotopic (exact) mass is 289 g/mol. The minimum Gasteiger partial charge on any atom is -0.263 e. The molecule has 12 heavy (non-hydrogen) atoms. The van der Waals surface area contributed by atoms with Crippen LogP contribution < -0.4 is 0 Å². The molecule has 1 aromatic heterocycles. The van der Waals surface area contributed by atoms with Gasteiger partial charge in [0.1, 0.15) is 0 Å². The van der Waals surface area contributed by atoms with E-state index in [0.717, 1.165) is 10.8 Å². The zero-order valence-electron chi connectivity index (χ0n) is 6.09. The molecular weight excluding hydrogens is 284 g/mol. The van der Waals surface area contributed by atoms with Crippen LogP contribution in [0.15, 0.2) is 30.6 Å². The molecule has 2 aromatic rings. The zero-order chi connectivity index (χ0) is 8.55. The number of pyridine rings is 1. The lowest BCUT2D eigenvalue weighted by Gasteiger charge is -1.98. The molecule has 0 saturated carbocycles. The van der Waals surface area contributed by atoms with Crippen molar-refractivity contribution >= 4 is 45.0 Å². The first-order valence-electron chi connectivity index (χ1n) is 3.46. The summed E-state index contributed by atoms with van der Waals surface area (Å²) in [6, 6.07) is 6.12. The number of aromatic nitrogens is 1. The Balaban J connectivity index is 2.88. The highest BCUT2D eigenvalue weighted by molar-refractivity contribution is 14.1. The molecule has 0 N–H and O–H groups in total. The van der Waals surface area contributed by atoms with E-state index in [0.29, 0.717) is 5.02 Å². The Morgan fingerprint density at radius 2 is 2.08 bits per heavy atom. The van der Waals surface area contributed by atoms with E-state index in [9.17, 15) is 0 Å². The average molecular weight is 290 g/mol. The van der Waals surface area contributed by atoms with Crippen molar-refractivity contribution in [3.63, 3.8) is 0 Å². The molecule has 0 unspecified atom stereocenters. The van der Waals surface area contributed by atoms with Crippen molar-refractivity contribution in [2.45, 2.75) is 0 Å². The lowest BCUT2D eigenvalue weighted by atomic mass is 10.2. The summed E-state index contributed by atoms with van der Waals surface area (Å²) in [6.07, 6.45) is 3.48. The van der Waals surface area contributed by atoms with Crippen LogP contribution in [0.1, 0.15) is 0 Å². The normalized spacial score (nSPS) is 10.5.